The van der Waals surface area contributed by atoms with Gasteiger partial charge in [0.2, 0.25) is 0 Å². The van der Waals surface area contributed by atoms with Gasteiger partial charge in [-0.3, -0.25) is 0 Å². The summed E-state index contributed by atoms with van der Waals surface area (Å²) in [6.07, 6.45) is 5.21. The maximum Gasteiger partial charge on any atom is 0.138 e. The van der Waals surface area contributed by atoms with Crippen molar-refractivity contribution in [3.8, 4) is 34.1 Å². The fourth-order valence-corrected chi connectivity index (χ4v) is 3.05. The van der Waals surface area contributed by atoms with E-state index in [-0.39, 0.29) is 23.0 Å². The third-order valence-corrected chi connectivity index (χ3v) is 4.25. The molecule has 1 heterocycles. The van der Waals surface area contributed by atoms with Gasteiger partial charge in [-0.2, -0.15) is 0 Å². The van der Waals surface area contributed by atoms with Crippen LogP contribution in [-0.2, 0) is 0 Å². The van der Waals surface area contributed by atoms with Crippen LogP contribution in [-0.4, -0.2) is 20.4 Å². The van der Waals surface area contributed by atoms with Gasteiger partial charge in [-0.1, -0.05) is 24.3 Å². The molecular formula is C22H16O5. The van der Waals surface area contributed by atoms with E-state index < -0.39 is 0 Å². The predicted molar refractivity (Wildman–Crippen MR) is 104 cm³/mol. The molecule has 0 saturated carbocycles. The Balaban J connectivity index is 1.87. The van der Waals surface area contributed by atoms with Crippen LogP contribution in [0.1, 0.15) is 11.1 Å². The van der Waals surface area contributed by atoms with Crippen LogP contribution in [0.3, 0.4) is 0 Å². The molecule has 1 aromatic heterocycles. The van der Waals surface area contributed by atoms with E-state index in [1.165, 1.54) is 30.5 Å². The second kappa shape index (κ2) is 6.46. The fourth-order valence-electron chi connectivity index (χ4n) is 3.05. The van der Waals surface area contributed by atoms with Gasteiger partial charge < -0.3 is 24.8 Å². The van der Waals surface area contributed by atoms with E-state index in [1.807, 2.05) is 12.2 Å². The summed E-state index contributed by atoms with van der Waals surface area (Å²) in [5.74, 6) is 0.138. The van der Waals surface area contributed by atoms with Crippen LogP contribution in [0.15, 0.2) is 65.3 Å². The first-order valence-corrected chi connectivity index (χ1v) is 8.24. The number of rotatable bonds is 3. The summed E-state index contributed by atoms with van der Waals surface area (Å²) in [5, 5.41) is 39.7. The SMILES string of the molecule is Oc1ccc(/C=C/c2cc(O)cc3occ(-c4cc(O)cc(O)c4)c23)cc1. The molecule has 134 valence electrons. The molecule has 3 aromatic carbocycles. The van der Waals surface area contributed by atoms with Gasteiger partial charge in [0.1, 0.15) is 28.6 Å². The van der Waals surface area contributed by atoms with E-state index in [0.29, 0.717) is 22.3 Å². The van der Waals surface area contributed by atoms with Gasteiger partial charge in [0.25, 0.3) is 0 Å². The standard InChI is InChI=1S/C22H16O5/c23-16-5-2-13(3-6-16)1-4-14-7-19(26)11-21-22(14)20(12-27-21)15-8-17(24)10-18(25)9-15/h1-12,23-26H/b4-1+. The first-order valence-electron chi connectivity index (χ1n) is 8.24. The molecule has 0 fully saturated rings. The zero-order chi connectivity index (χ0) is 19.0. The Bertz CT molecular complexity index is 1130. The monoisotopic (exact) mass is 360 g/mol. The Morgan fingerprint density at radius 2 is 1.33 bits per heavy atom. The average molecular weight is 360 g/mol. The number of fused-ring (bicyclic) bond motifs is 1. The molecule has 4 rings (SSSR count). The lowest BCUT2D eigenvalue weighted by Gasteiger charge is -2.05. The molecule has 0 unspecified atom stereocenters. The highest BCUT2D eigenvalue weighted by Gasteiger charge is 2.14. The largest absolute Gasteiger partial charge is 0.508 e. The fraction of sp³-hybridized carbons (Fsp3) is 0. The minimum Gasteiger partial charge on any atom is -0.508 e. The van der Waals surface area contributed by atoms with E-state index in [2.05, 4.69) is 0 Å². The third kappa shape index (κ3) is 3.30. The predicted octanol–water partition coefficient (Wildman–Crippen LogP) is 5.09. The normalized spacial score (nSPS) is 11.4. The highest BCUT2D eigenvalue weighted by Crippen LogP contribution is 2.38. The summed E-state index contributed by atoms with van der Waals surface area (Å²) < 4.78 is 5.58. The van der Waals surface area contributed by atoms with Crippen LogP contribution in [0.5, 0.6) is 23.0 Å². The molecule has 0 aliphatic rings. The van der Waals surface area contributed by atoms with Gasteiger partial charge in [-0.25, -0.2) is 0 Å². The van der Waals surface area contributed by atoms with Crippen LogP contribution in [0.4, 0.5) is 0 Å². The first-order chi connectivity index (χ1) is 13.0. The molecule has 5 nitrogen and oxygen atoms in total. The summed E-state index contributed by atoms with van der Waals surface area (Å²) in [6, 6.07) is 14.2. The number of phenols is 4. The van der Waals surface area contributed by atoms with E-state index in [4.69, 9.17) is 4.42 Å². The van der Waals surface area contributed by atoms with Crippen LogP contribution in [0.2, 0.25) is 0 Å². The van der Waals surface area contributed by atoms with Crippen molar-refractivity contribution in [3.63, 3.8) is 0 Å². The van der Waals surface area contributed by atoms with Crippen molar-refractivity contribution in [2.75, 3.05) is 0 Å². The number of hydrogen-bond acceptors (Lipinski definition) is 5. The molecule has 0 aliphatic carbocycles. The summed E-state index contributed by atoms with van der Waals surface area (Å²) in [6.45, 7) is 0. The molecule has 0 atom stereocenters. The highest BCUT2D eigenvalue weighted by atomic mass is 16.3. The maximum absolute atomic E-state index is 10.0. The van der Waals surface area contributed by atoms with Gasteiger partial charge >= 0.3 is 0 Å². The van der Waals surface area contributed by atoms with Gasteiger partial charge in [0.15, 0.2) is 0 Å². The molecule has 0 bridgehead atoms. The number of phenolic OH excluding ortho intramolecular Hbond substituents is 4. The van der Waals surface area contributed by atoms with Crippen molar-refractivity contribution in [1.29, 1.82) is 0 Å². The van der Waals surface area contributed by atoms with E-state index in [9.17, 15) is 20.4 Å². The molecule has 4 N–H and O–H groups in total. The van der Waals surface area contributed by atoms with Crippen molar-refractivity contribution in [2.24, 2.45) is 0 Å². The lowest BCUT2D eigenvalue weighted by Crippen LogP contribution is -1.81. The Morgan fingerprint density at radius 3 is 2.04 bits per heavy atom. The quantitative estimate of drug-likeness (QED) is 0.382. The van der Waals surface area contributed by atoms with Gasteiger partial charge in [-0.05, 0) is 47.0 Å². The van der Waals surface area contributed by atoms with E-state index in [0.717, 1.165) is 10.9 Å². The molecular weight excluding hydrogens is 344 g/mol. The second-order valence-electron chi connectivity index (χ2n) is 6.22. The van der Waals surface area contributed by atoms with Gasteiger partial charge in [0, 0.05) is 23.1 Å². The second-order valence-corrected chi connectivity index (χ2v) is 6.22. The smallest absolute Gasteiger partial charge is 0.138 e. The van der Waals surface area contributed by atoms with Crippen molar-refractivity contribution >= 4 is 23.1 Å². The van der Waals surface area contributed by atoms with Crippen molar-refractivity contribution in [1.82, 2.24) is 0 Å². The van der Waals surface area contributed by atoms with Crippen molar-refractivity contribution < 1.29 is 24.8 Å². The highest BCUT2D eigenvalue weighted by molar-refractivity contribution is 6.02. The van der Waals surface area contributed by atoms with E-state index >= 15 is 0 Å². The molecule has 4 aromatic rings. The number of aromatic hydroxyl groups is 4. The number of hydrogen-bond donors (Lipinski definition) is 4. The van der Waals surface area contributed by atoms with Crippen LogP contribution < -0.4 is 0 Å². The summed E-state index contributed by atoms with van der Waals surface area (Å²) >= 11 is 0. The van der Waals surface area contributed by atoms with Crippen molar-refractivity contribution in [2.45, 2.75) is 0 Å². The molecule has 0 amide bonds. The lowest BCUT2D eigenvalue weighted by atomic mass is 9.99. The first kappa shape index (κ1) is 16.6. The van der Waals surface area contributed by atoms with Gasteiger partial charge in [-0.15, -0.1) is 0 Å². The van der Waals surface area contributed by atoms with Gasteiger partial charge in [0.05, 0.1) is 6.26 Å². The zero-order valence-electron chi connectivity index (χ0n) is 14.1. The maximum atomic E-state index is 10.0. The minimum atomic E-state index is -0.0562. The van der Waals surface area contributed by atoms with Crippen molar-refractivity contribution in [3.05, 3.63) is 72.0 Å². The number of benzene rings is 3. The molecule has 0 spiro atoms. The Labute approximate surface area is 154 Å². The Morgan fingerprint density at radius 1 is 0.667 bits per heavy atom. The third-order valence-electron chi connectivity index (χ3n) is 4.25. The minimum absolute atomic E-state index is 0.0562. The Hall–Kier alpha value is -3.86. The lowest BCUT2D eigenvalue weighted by molar-refractivity contribution is 0.451. The van der Waals surface area contributed by atoms with Crippen LogP contribution >= 0.6 is 0 Å². The topological polar surface area (TPSA) is 94.1 Å². The van der Waals surface area contributed by atoms with Crippen LogP contribution in [0, 0.1) is 0 Å². The Kier molecular flexibility index (Phi) is 3.97. The zero-order valence-corrected chi connectivity index (χ0v) is 14.1. The molecule has 0 aliphatic heterocycles. The average Bonchev–Trinajstić information content (AvgIpc) is 3.04. The summed E-state index contributed by atoms with van der Waals surface area (Å²) in [4.78, 5) is 0. The molecule has 5 heteroatoms. The molecule has 27 heavy (non-hydrogen) atoms. The number of furan rings is 1. The van der Waals surface area contributed by atoms with E-state index in [1.54, 1.807) is 30.3 Å². The molecule has 0 saturated heterocycles. The summed E-state index contributed by atoms with van der Waals surface area (Å²) in [5.41, 5.74) is 3.35. The van der Waals surface area contributed by atoms with Crippen LogP contribution in [0.25, 0.3) is 34.2 Å². The summed E-state index contributed by atoms with van der Waals surface area (Å²) in [7, 11) is 0. The molecule has 0 radical (unpaired) electrons.